The molecule has 0 fully saturated rings. The predicted octanol–water partition coefficient (Wildman–Crippen LogP) is 2.05. The molecular formula is C8H5ClO5. The van der Waals surface area contributed by atoms with Crippen molar-refractivity contribution >= 4 is 24.0 Å². The zero-order valence-corrected chi connectivity index (χ0v) is 7.52. The Hall–Kier alpha value is -1.75. The summed E-state index contributed by atoms with van der Waals surface area (Å²) >= 11 is 4.84. The Morgan fingerprint density at radius 1 is 1.29 bits per heavy atom. The molecule has 1 N–H and O–H groups in total. The maximum Gasteiger partial charge on any atom is 0.511 e. The highest BCUT2D eigenvalue weighted by atomic mass is 35.5. The van der Waals surface area contributed by atoms with E-state index in [9.17, 15) is 9.59 Å². The normalized spacial score (nSPS) is 9.21. The van der Waals surface area contributed by atoms with Crippen LogP contribution in [0.4, 0.5) is 4.79 Å². The Morgan fingerprint density at radius 2 is 1.93 bits per heavy atom. The van der Waals surface area contributed by atoms with Crippen LogP contribution < -0.4 is 4.74 Å². The molecule has 74 valence electrons. The molecule has 0 unspecified atom stereocenters. The van der Waals surface area contributed by atoms with Gasteiger partial charge in [0.05, 0.1) is 0 Å². The highest BCUT2D eigenvalue weighted by Crippen LogP contribution is 2.19. The molecule has 0 aromatic heterocycles. The van der Waals surface area contributed by atoms with Crippen LogP contribution in [0.3, 0.4) is 0 Å². The van der Waals surface area contributed by atoms with Gasteiger partial charge in [-0.25, -0.2) is 9.59 Å². The molecular weight excluding hydrogens is 212 g/mol. The highest BCUT2D eigenvalue weighted by Gasteiger charge is 2.15. The van der Waals surface area contributed by atoms with Crippen LogP contribution >= 0.6 is 11.9 Å². The lowest BCUT2D eigenvalue weighted by Crippen LogP contribution is -2.08. The number of ether oxygens (including phenoxy) is 1. The van der Waals surface area contributed by atoms with Crippen molar-refractivity contribution in [2.45, 2.75) is 0 Å². The first-order valence-electron chi connectivity index (χ1n) is 3.48. The minimum atomic E-state index is -1.51. The van der Waals surface area contributed by atoms with Crippen LogP contribution in [0.1, 0.15) is 10.4 Å². The second kappa shape index (κ2) is 4.48. The van der Waals surface area contributed by atoms with Crippen LogP contribution in [0.5, 0.6) is 5.75 Å². The molecule has 14 heavy (non-hydrogen) atoms. The fourth-order valence-corrected chi connectivity index (χ4v) is 0.943. The summed E-state index contributed by atoms with van der Waals surface area (Å²) in [5.74, 6) is -0.992. The van der Waals surface area contributed by atoms with Gasteiger partial charge in [0.1, 0.15) is 23.2 Å². The maximum absolute atomic E-state index is 11.0. The van der Waals surface area contributed by atoms with Crippen molar-refractivity contribution in [2.75, 3.05) is 0 Å². The van der Waals surface area contributed by atoms with Crippen LogP contribution in [0.2, 0.25) is 0 Å². The summed E-state index contributed by atoms with van der Waals surface area (Å²) in [4.78, 5) is 21.2. The second-order valence-corrected chi connectivity index (χ2v) is 2.38. The third kappa shape index (κ3) is 2.37. The van der Waals surface area contributed by atoms with Crippen molar-refractivity contribution < 1.29 is 23.7 Å². The molecule has 0 bridgehead atoms. The summed E-state index contributed by atoms with van der Waals surface area (Å²) in [7, 11) is 0. The second-order valence-electron chi connectivity index (χ2n) is 2.23. The quantitative estimate of drug-likeness (QED) is 0.605. The van der Waals surface area contributed by atoms with E-state index in [-0.39, 0.29) is 11.3 Å². The van der Waals surface area contributed by atoms with Gasteiger partial charge >= 0.3 is 12.1 Å². The molecule has 0 aliphatic heterocycles. The van der Waals surface area contributed by atoms with Crippen LogP contribution in [-0.2, 0) is 4.29 Å². The van der Waals surface area contributed by atoms with Crippen LogP contribution in [0.15, 0.2) is 24.3 Å². The van der Waals surface area contributed by atoms with Gasteiger partial charge in [0.2, 0.25) is 0 Å². The number of carbonyl (C=O) groups excluding carboxylic acids is 1. The Labute approximate surface area is 84.0 Å². The Morgan fingerprint density at radius 3 is 2.50 bits per heavy atom. The summed E-state index contributed by atoms with van der Waals surface area (Å²) in [6, 6.07) is 5.70. The van der Waals surface area contributed by atoms with Crippen LogP contribution in [0.25, 0.3) is 0 Å². The first kappa shape index (κ1) is 10.3. The SMILES string of the molecule is O=C(O)Oc1ccccc1C(=O)OCl. The Balaban J connectivity index is 3.02. The maximum atomic E-state index is 11.0. The molecule has 0 heterocycles. The number of rotatable bonds is 2. The highest BCUT2D eigenvalue weighted by molar-refractivity contribution is 6.16. The molecule has 0 saturated carbocycles. The molecule has 0 atom stereocenters. The van der Waals surface area contributed by atoms with E-state index in [1.54, 1.807) is 0 Å². The van der Waals surface area contributed by atoms with E-state index >= 15 is 0 Å². The van der Waals surface area contributed by atoms with Gasteiger partial charge in [-0.3, -0.25) is 0 Å². The van der Waals surface area contributed by atoms with E-state index in [0.717, 1.165) is 0 Å². The van der Waals surface area contributed by atoms with Crippen LogP contribution in [-0.4, -0.2) is 17.2 Å². The molecule has 0 aliphatic rings. The fraction of sp³-hybridized carbons (Fsp3) is 0. The molecule has 1 aromatic carbocycles. The lowest BCUT2D eigenvalue weighted by atomic mass is 10.2. The van der Waals surface area contributed by atoms with E-state index in [0.29, 0.717) is 0 Å². The molecule has 1 aromatic rings. The van der Waals surface area contributed by atoms with E-state index in [1.165, 1.54) is 24.3 Å². The zero-order chi connectivity index (χ0) is 10.6. The molecule has 0 aliphatic carbocycles. The molecule has 0 radical (unpaired) electrons. The summed E-state index contributed by atoms with van der Waals surface area (Å²) in [5.41, 5.74) is -0.0510. The minimum absolute atomic E-state index is 0.0510. The van der Waals surface area contributed by atoms with Gasteiger partial charge in [-0.2, -0.15) is 0 Å². The van der Waals surface area contributed by atoms with Gasteiger partial charge in [0.15, 0.2) is 0 Å². The summed E-state index contributed by atoms with van der Waals surface area (Å²) in [6.07, 6.45) is -1.51. The van der Waals surface area contributed by atoms with Crippen molar-refractivity contribution in [3.63, 3.8) is 0 Å². The average Bonchev–Trinajstić information content (AvgIpc) is 2.16. The number of benzene rings is 1. The molecule has 1 rings (SSSR count). The third-order valence-electron chi connectivity index (χ3n) is 1.37. The standard InChI is InChI=1S/C8H5ClO5/c9-14-7(10)5-3-1-2-4-6(5)13-8(11)12/h1-4H,(H,11,12). The first-order chi connectivity index (χ1) is 6.65. The van der Waals surface area contributed by atoms with Gasteiger partial charge in [-0.1, -0.05) is 12.1 Å². The number of hydrogen-bond donors (Lipinski definition) is 1. The first-order valence-corrected chi connectivity index (χ1v) is 3.78. The number of para-hydroxylation sites is 1. The topological polar surface area (TPSA) is 72.8 Å². The van der Waals surface area contributed by atoms with Crippen molar-refractivity contribution in [1.29, 1.82) is 0 Å². The summed E-state index contributed by atoms with van der Waals surface area (Å²) < 4.78 is 8.24. The molecule has 0 saturated heterocycles. The number of carboxylic acid groups (broad SMARTS) is 1. The van der Waals surface area contributed by atoms with Gasteiger partial charge in [0.25, 0.3) is 0 Å². The molecule has 0 spiro atoms. The Kier molecular flexibility index (Phi) is 3.30. The molecule has 5 nitrogen and oxygen atoms in total. The minimum Gasteiger partial charge on any atom is -0.449 e. The van der Waals surface area contributed by atoms with Crippen molar-refractivity contribution in [2.24, 2.45) is 0 Å². The lowest BCUT2D eigenvalue weighted by Gasteiger charge is -2.03. The van der Waals surface area contributed by atoms with Crippen LogP contribution in [0, 0.1) is 0 Å². The number of hydrogen-bond acceptors (Lipinski definition) is 4. The largest absolute Gasteiger partial charge is 0.511 e. The smallest absolute Gasteiger partial charge is 0.449 e. The number of carbonyl (C=O) groups is 2. The zero-order valence-electron chi connectivity index (χ0n) is 6.77. The van der Waals surface area contributed by atoms with Gasteiger partial charge in [-0.05, 0) is 12.1 Å². The monoisotopic (exact) mass is 216 g/mol. The predicted molar refractivity (Wildman–Crippen MR) is 46.4 cm³/mol. The number of halogens is 1. The molecule has 0 amide bonds. The fourth-order valence-electron chi connectivity index (χ4n) is 0.860. The van der Waals surface area contributed by atoms with E-state index in [4.69, 9.17) is 17.0 Å². The summed E-state index contributed by atoms with van der Waals surface area (Å²) in [6.45, 7) is 0. The Bertz CT molecular complexity index is 363. The summed E-state index contributed by atoms with van der Waals surface area (Å²) in [5, 5.41) is 8.34. The van der Waals surface area contributed by atoms with Gasteiger partial charge < -0.3 is 14.1 Å². The van der Waals surface area contributed by atoms with E-state index < -0.39 is 12.1 Å². The van der Waals surface area contributed by atoms with E-state index in [1.807, 2.05) is 0 Å². The third-order valence-corrected chi connectivity index (χ3v) is 1.51. The molecule has 6 heteroatoms. The lowest BCUT2D eigenvalue weighted by molar-refractivity contribution is 0.0747. The van der Waals surface area contributed by atoms with E-state index in [2.05, 4.69) is 9.03 Å². The van der Waals surface area contributed by atoms with Gasteiger partial charge in [-0.15, -0.1) is 0 Å². The van der Waals surface area contributed by atoms with Crippen molar-refractivity contribution in [3.8, 4) is 5.75 Å². The van der Waals surface area contributed by atoms with Gasteiger partial charge in [0, 0.05) is 0 Å². The van der Waals surface area contributed by atoms with Crippen molar-refractivity contribution in [3.05, 3.63) is 29.8 Å². The average molecular weight is 217 g/mol. The van der Waals surface area contributed by atoms with Crippen molar-refractivity contribution in [1.82, 2.24) is 0 Å².